The molecule has 35 heavy (non-hydrogen) atoms. The largest absolute Gasteiger partial charge is 0.494 e. The molecule has 0 bridgehead atoms. The van der Waals surface area contributed by atoms with E-state index in [1.165, 1.54) is 24.3 Å². The van der Waals surface area contributed by atoms with Gasteiger partial charge in [0.05, 0.1) is 40.4 Å². The van der Waals surface area contributed by atoms with Crippen LogP contribution in [-0.2, 0) is 13.6 Å². The summed E-state index contributed by atoms with van der Waals surface area (Å²) in [6.07, 6.45) is 0. The number of aromatic hydroxyl groups is 1. The number of hydrogen-bond acceptors (Lipinski definition) is 7. The molecule has 0 aliphatic rings. The summed E-state index contributed by atoms with van der Waals surface area (Å²) in [4.78, 5) is 18.2. The molecule has 0 aliphatic heterocycles. The van der Waals surface area contributed by atoms with Crippen LogP contribution in [0.15, 0.2) is 77.8 Å². The molecule has 0 atom stereocenters. The van der Waals surface area contributed by atoms with Gasteiger partial charge < -0.3 is 19.1 Å². The molecular weight excluding hydrogens is 469 g/mol. The van der Waals surface area contributed by atoms with Gasteiger partial charge in [0.1, 0.15) is 0 Å². The maximum absolute atomic E-state index is 13.4. The Labute approximate surface area is 201 Å². The lowest BCUT2D eigenvalue weighted by Gasteiger charge is -2.17. The van der Waals surface area contributed by atoms with E-state index < -0.39 is 12.5 Å². The van der Waals surface area contributed by atoms with Crippen LogP contribution in [0.3, 0.4) is 0 Å². The van der Waals surface area contributed by atoms with E-state index in [9.17, 15) is 19.8 Å². The second-order valence-corrected chi connectivity index (χ2v) is 9.54. The van der Waals surface area contributed by atoms with Crippen LogP contribution < -0.4 is 5.30 Å². The number of nitrogens with one attached hydrogen (secondary N) is 1. The second-order valence-electron chi connectivity index (χ2n) is 7.51. The number of hydrogen-bond donors (Lipinski definition) is 2. The predicted octanol–water partition coefficient (Wildman–Crippen LogP) is 5.84. The molecule has 4 aromatic rings. The zero-order valence-electron chi connectivity index (χ0n) is 19.2. The summed E-state index contributed by atoms with van der Waals surface area (Å²) in [5, 5.41) is 22.9. The Bertz CT molecular complexity index is 1420. The third-order valence-electron chi connectivity index (χ3n) is 5.26. The predicted molar refractivity (Wildman–Crippen MR) is 135 cm³/mol. The quantitative estimate of drug-likeness (QED) is 0.130. The van der Waals surface area contributed by atoms with Gasteiger partial charge in [0, 0.05) is 28.6 Å². The molecule has 0 amide bonds. The summed E-state index contributed by atoms with van der Waals surface area (Å²) in [6, 6.07) is 20.1. The number of benzene rings is 3. The Balaban J connectivity index is 1.93. The van der Waals surface area contributed by atoms with Crippen molar-refractivity contribution < 1.29 is 23.6 Å². The molecular formula is C25H24N3O6P. The normalized spacial score (nSPS) is 12.2. The summed E-state index contributed by atoms with van der Waals surface area (Å²) in [7, 11) is -3.57. The van der Waals surface area contributed by atoms with E-state index in [0.717, 1.165) is 0 Å². The average molecular weight is 493 g/mol. The van der Waals surface area contributed by atoms with E-state index in [0.29, 0.717) is 38.7 Å². The molecule has 3 aromatic carbocycles. The molecule has 0 radical (unpaired) electrons. The minimum absolute atomic E-state index is 0.0487. The van der Waals surface area contributed by atoms with Gasteiger partial charge in [0.15, 0.2) is 5.88 Å². The SMILES string of the molecule is CCOP(=O)(OCC)c1ccc2[nH]c(O)c(C(=Nc3ccc([N+](=O)[O-])cc3)c3ccccc3)c2c1. The third-order valence-corrected chi connectivity index (χ3v) is 7.37. The first-order chi connectivity index (χ1) is 16.9. The number of nitro groups is 1. The minimum Gasteiger partial charge on any atom is -0.494 e. The topological polar surface area (TPSA) is 127 Å². The Hall–Kier alpha value is -3.78. The highest BCUT2D eigenvalue weighted by atomic mass is 31.2. The van der Waals surface area contributed by atoms with E-state index in [-0.39, 0.29) is 24.8 Å². The molecule has 0 unspecified atom stereocenters. The first-order valence-corrected chi connectivity index (χ1v) is 12.5. The molecule has 2 N–H and O–H groups in total. The van der Waals surface area contributed by atoms with Crippen molar-refractivity contribution in [1.82, 2.24) is 4.98 Å². The highest BCUT2D eigenvalue weighted by molar-refractivity contribution is 7.62. The first-order valence-electron chi connectivity index (χ1n) is 11.0. The maximum Gasteiger partial charge on any atom is 0.361 e. The number of nitrogens with zero attached hydrogens (tertiary/aromatic N) is 2. The molecule has 1 aromatic heterocycles. The zero-order chi connectivity index (χ0) is 25.0. The average Bonchev–Trinajstić information content (AvgIpc) is 3.18. The Kier molecular flexibility index (Phi) is 7.12. The van der Waals surface area contributed by atoms with Gasteiger partial charge in [-0.05, 0) is 44.2 Å². The number of aromatic amines is 1. The fraction of sp³-hybridized carbons (Fsp3) is 0.160. The smallest absolute Gasteiger partial charge is 0.361 e. The summed E-state index contributed by atoms with van der Waals surface area (Å²) in [5.74, 6) is -0.121. The maximum atomic E-state index is 13.4. The molecule has 180 valence electrons. The second kappa shape index (κ2) is 10.2. The van der Waals surface area contributed by atoms with E-state index in [2.05, 4.69) is 4.98 Å². The van der Waals surface area contributed by atoms with E-state index in [4.69, 9.17) is 14.0 Å². The highest BCUT2D eigenvalue weighted by Crippen LogP contribution is 2.47. The monoisotopic (exact) mass is 493 g/mol. The standard InChI is InChI=1S/C25H24N3O6P/c1-3-33-35(32,34-4-2)20-14-15-22-21(16-20)23(25(29)27-22)24(17-8-6-5-7-9-17)26-18-10-12-19(13-11-18)28(30)31/h5-16,27,29H,3-4H2,1-2H3. The lowest BCUT2D eigenvalue weighted by molar-refractivity contribution is -0.384. The fourth-order valence-electron chi connectivity index (χ4n) is 3.74. The van der Waals surface area contributed by atoms with Crippen LogP contribution in [0.25, 0.3) is 10.9 Å². The number of aromatic nitrogens is 1. The van der Waals surface area contributed by atoms with Gasteiger partial charge >= 0.3 is 7.60 Å². The number of non-ortho nitro benzene ring substituents is 1. The van der Waals surface area contributed by atoms with Crippen LogP contribution in [0.1, 0.15) is 25.0 Å². The Morgan fingerprint density at radius 2 is 1.69 bits per heavy atom. The van der Waals surface area contributed by atoms with Crippen LogP contribution in [0.2, 0.25) is 0 Å². The molecule has 0 fully saturated rings. The zero-order valence-corrected chi connectivity index (χ0v) is 20.1. The van der Waals surface area contributed by atoms with E-state index in [1.54, 1.807) is 32.0 Å². The number of nitro benzene ring substituents is 1. The Morgan fingerprint density at radius 1 is 1.03 bits per heavy atom. The number of fused-ring (bicyclic) bond motifs is 1. The first kappa shape index (κ1) is 24.3. The number of H-pyrrole nitrogens is 1. The van der Waals surface area contributed by atoms with Crippen molar-refractivity contribution >= 4 is 40.9 Å². The summed E-state index contributed by atoms with van der Waals surface area (Å²) in [5.41, 5.74) is 2.56. The van der Waals surface area contributed by atoms with Gasteiger partial charge in [0.25, 0.3) is 5.69 Å². The van der Waals surface area contributed by atoms with Gasteiger partial charge in [-0.15, -0.1) is 0 Å². The summed E-state index contributed by atoms with van der Waals surface area (Å²) in [6.45, 7) is 3.89. The fourth-order valence-corrected chi connectivity index (χ4v) is 5.34. The van der Waals surface area contributed by atoms with Gasteiger partial charge in [-0.1, -0.05) is 30.3 Å². The van der Waals surface area contributed by atoms with Crippen molar-refractivity contribution in [2.75, 3.05) is 13.2 Å². The van der Waals surface area contributed by atoms with Crippen LogP contribution in [0, 0.1) is 10.1 Å². The molecule has 0 saturated carbocycles. The molecule has 0 aliphatic carbocycles. The van der Waals surface area contributed by atoms with Crippen LogP contribution in [0.4, 0.5) is 11.4 Å². The van der Waals surface area contributed by atoms with E-state index >= 15 is 0 Å². The summed E-state index contributed by atoms with van der Waals surface area (Å²) >= 11 is 0. The number of rotatable bonds is 9. The highest BCUT2D eigenvalue weighted by Gasteiger charge is 2.28. The van der Waals surface area contributed by atoms with Crippen molar-refractivity contribution in [1.29, 1.82) is 0 Å². The van der Waals surface area contributed by atoms with E-state index in [1.807, 2.05) is 30.3 Å². The van der Waals surface area contributed by atoms with Crippen molar-refractivity contribution in [3.63, 3.8) is 0 Å². The van der Waals surface area contributed by atoms with Crippen molar-refractivity contribution in [2.24, 2.45) is 4.99 Å². The minimum atomic E-state index is -3.57. The van der Waals surface area contributed by atoms with Gasteiger partial charge in [0.2, 0.25) is 0 Å². The van der Waals surface area contributed by atoms with Gasteiger partial charge in [-0.3, -0.25) is 14.7 Å². The molecule has 9 nitrogen and oxygen atoms in total. The Morgan fingerprint density at radius 3 is 2.29 bits per heavy atom. The lowest BCUT2D eigenvalue weighted by Crippen LogP contribution is -2.11. The van der Waals surface area contributed by atoms with Crippen molar-refractivity contribution in [2.45, 2.75) is 13.8 Å². The lowest BCUT2D eigenvalue weighted by atomic mass is 10.0. The van der Waals surface area contributed by atoms with Crippen molar-refractivity contribution in [3.8, 4) is 5.88 Å². The summed E-state index contributed by atoms with van der Waals surface area (Å²) < 4.78 is 24.4. The third kappa shape index (κ3) is 5.02. The van der Waals surface area contributed by atoms with Gasteiger partial charge in [-0.2, -0.15) is 0 Å². The van der Waals surface area contributed by atoms with Crippen molar-refractivity contribution in [3.05, 3.63) is 94.0 Å². The van der Waals surface area contributed by atoms with Crippen LogP contribution >= 0.6 is 7.60 Å². The molecule has 1 heterocycles. The number of aliphatic imine (C=N–C) groups is 1. The molecule has 0 spiro atoms. The van der Waals surface area contributed by atoms with Crippen LogP contribution in [0.5, 0.6) is 5.88 Å². The molecule has 4 rings (SSSR count). The molecule has 10 heteroatoms. The van der Waals surface area contributed by atoms with Gasteiger partial charge in [-0.25, -0.2) is 4.99 Å². The van der Waals surface area contributed by atoms with Crippen LogP contribution in [-0.4, -0.2) is 33.9 Å². The molecule has 0 saturated heterocycles.